The highest BCUT2D eigenvalue weighted by atomic mass is 16.2. The summed E-state index contributed by atoms with van der Waals surface area (Å²) >= 11 is 0. The molecule has 4 heteroatoms. The summed E-state index contributed by atoms with van der Waals surface area (Å²) in [5.74, 6) is -0.00124. The molecule has 0 atom stereocenters. The first-order valence-electron chi connectivity index (χ1n) is 5.98. The van der Waals surface area contributed by atoms with Gasteiger partial charge in [-0.3, -0.25) is 4.79 Å². The fourth-order valence-corrected chi connectivity index (χ4v) is 1.53. The van der Waals surface area contributed by atoms with Crippen LogP contribution in [0.25, 0.3) is 0 Å². The Morgan fingerprint density at radius 1 is 0.895 bits per heavy atom. The number of hydrogen-bond donors (Lipinski definition) is 0. The van der Waals surface area contributed by atoms with Crippen LogP contribution in [0.5, 0.6) is 0 Å². The first-order valence-corrected chi connectivity index (χ1v) is 5.98. The van der Waals surface area contributed by atoms with Crippen molar-refractivity contribution < 1.29 is 4.79 Å². The van der Waals surface area contributed by atoms with Gasteiger partial charge in [0.05, 0.1) is 11.4 Å². The molecule has 0 spiro atoms. The molecule has 0 aliphatic carbocycles. The number of carbonyl (C=O) groups excluding carboxylic acids is 1. The van der Waals surface area contributed by atoms with Gasteiger partial charge in [0.25, 0.3) is 0 Å². The van der Waals surface area contributed by atoms with Crippen molar-refractivity contribution >= 4 is 23.0 Å². The van der Waals surface area contributed by atoms with E-state index in [1.807, 2.05) is 54.6 Å². The topological polar surface area (TPSA) is 45.0 Å². The maximum atomic E-state index is 11.2. The van der Waals surface area contributed by atoms with Crippen molar-refractivity contribution in [3.63, 3.8) is 0 Å². The molecule has 0 bridgehead atoms. The molecule has 2 aromatic carbocycles. The summed E-state index contributed by atoms with van der Waals surface area (Å²) in [4.78, 5) is 12.8. The molecule has 19 heavy (non-hydrogen) atoms. The lowest BCUT2D eigenvalue weighted by atomic mass is 10.2. The molecule has 2 rings (SSSR count). The molecule has 0 saturated heterocycles. The number of amides is 1. The van der Waals surface area contributed by atoms with Gasteiger partial charge in [-0.1, -0.05) is 18.2 Å². The Kier molecular flexibility index (Phi) is 4.03. The molecule has 0 heterocycles. The highest BCUT2D eigenvalue weighted by Crippen LogP contribution is 2.21. The third kappa shape index (κ3) is 3.48. The maximum Gasteiger partial charge on any atom is 0.223 e. The van der Waals surface area contributed by atoms with Gasteiger partial charge in [-0.15, -0.1) is 0 Å². The quantitative estimate of drug-likeness (QED) is 0.760. The van der Waals surface area contributed by atoms with E-state index >= 15 is 0 Å². The van der Waals surface area contributed by atoms with E-state index in [0.29, 0.717) is 0 Å². The van der Waals surface area contributed by atoms with Crippen molar-refractivity contribution in [2.75, 3.05) is 11.9 Å². The van der Waals surface area contributed by atoms with Gasteiger partial charge in [0, 0.05) is 19.7 Å². The van der Waals surface area contributed by atoms with Crippen LogP contribution < -0.4 is 4.90 Å². The molecule has 96 valence electrons. The Morgan fingerprint density at radius 3 is 1.95 bits per heavy atom. The maximum absolute atomic E-state index is 11.2. The lowest BCUT2D eigenvalue weighted by molar-refractivity contribution is -0.116. The van der Waals surface area contributed by atoms with E-state index in [1.165, 1.54) is 6.92 Å². The summed E-state index contributed by atoms with van der Waals surface area (Å²) in [6.45, 7) is 1.53. The summed E-state index contributed by atoms with van der Waals surface area (Å²) in [5, 5.41) is 8.27. The largest absolute Gasteiger partial charge is 0.316 e. The minimum absolute atomic E-state index is 0.00124. The first-order chi connectivity index (χ1) is 9.16. The average molecular weight is 253 g/mol. The summed E-state index contributed by atoms with van der Waals surface area (Å²) < 4.78 is 0. The van der Waals surface area contributed by atoms with Crippen LogP contribution in [0.3, 0.4) is 0 Å². The molecule has 0 unspecified atom stereocenters. The first kappa shape index (κ1) is 13.0. The zero-order valence-corrected chi connectivity index (χ0v) is 10.9. The molecule has 0 N–H and O–H groups in total. The molecule has 0 aliphatic rings. The number of carbonyl (C=O) groups is 1. The predicted octanol–water partition coefficient (Wildman–Crippen LogP) is 4.08. The molecule has 0 saturated carbocycles. The van der Waals surface area contributed by atoms with Gasteiger partial charge in [-0.05, 0) is 36.4 Å². The molecule has 0 aromatic heterocycles. The van der Waals surface area contributed by atoms with Crippen molar-refractivity contribution in [2.24, 2.45) is 10.2 Å². The zero-order valence-electron chi connectivity index (χ0n) is 10.9. The summed E-state index contributed by atoms with van der Waals surface area (Å²) in [6, 6.07) is 16.9. The van der Waals surface area contributed by atoms with Crippen LogP contribution in [0.4, 0.5) is 17.1 Å². The SMILES string of the molecule is CC(=O)N(C)c1ccc(N=Nc2ccccc2)cc1. The van der Waals surface area contributed by atoms with Crippen LogP contribution in [0.1, 0.15) is 6.92 Å². The molecular weight excluding hydrogens is 238 g/mol. The zero-order chi connectivity index (χ0) is 13.7. The molecule has 1 amide bonds. The number of benzene rings is 2. The van der Waals surface area contributed by atoms with Gasteiger partial charge in [-0.25, -0.2) is 0 Å². The molecule has 0 aliphatic heterocycles. The number of azo groups is 1. The van der Waals surface area contributed by atoms with Gasteiger partial charge in [0.1, 0.15) is 0 Å². The van der Waals surface area contributed by atoms with Gasteiger partial charge in [0.2, 0.25) is 5.91 Å². The van der Waals surface area contributed by atoms with E-state index in [9.17, 15) is 4.79 Å². The van der Waals surface area contributed by atoms with E-state index in [1.54, 1.807) is 11.9 Å². The molecule has 0 radical (unpaired) electrons. The normalized spacial score (nSPS) is 10.6. The second kappa shape index (κ2) is 5.91. The highest BCUT2D eigenvalue weighted by molar-refractivity contribution is 5.90. The summed E-state index contributed by atoms with van der Waals surface area (Å²) in [5.41, 5.74) is 2.41. The van der Waals surface area contributed by atoms with Crippen LogP contribution in [-0.2, 0) is 4.79 Å². The Balaban J connectivity index is 2.11. The molecule has 4 nitrogen and oxygen atoms in total. The average Bonchev–Trinajstić information content (AvgIpc) is 2.46. The van der Waals surface area contributed by atoms with Crippen LogP contribution in [0, 0.1) is 0 Å². The van der Waals surface area contributed by atoms with Crippen molar-refractivity contribution in [3.8, 4) is 0 Å². The van der Waals surface area contributed by atoms with E-state index < -0.39 is 0 Å². The number of hydrogen-bond acceptors (Lipinski definition) is 3. The van der Waals surface area contributed by atoms with Gasteiger partial charge in [-0.2, -0.15) is 10.2 Å². The van der Waals surface area contributed by atoms with Crippen molar-refractivity contribution in [1.82, 2.24) is 0 Å². The Bertz CT molecular complexity index is 576. The van der Waals surface area contributed by atoms with Gasteiger partial charge < -0.3 is 4.90 Å². The van der Waals surface area contributed by atoms with Crippen molar-refractivity contribution in [1.29, 1.82) is 0 Å². The highest BCUT2D eigenvalue weighted by Gasteiger charge is 2.04. The molecule has 2 aromatic rings. The predicted molar refractivity (Wildman–Crippen MR) is 76.1 cm³/mol. The Labute approximate surface area is 112 Å². The minimum Gasteiger partial charge on any atom is -0.316 e. The number of anilines is 1. The van der Waals surface area contributed by atoms with Crippen LogP contribution in [0.2, 0.25) is 0 Å². The Hall–Kier alpha value is -2.49. The second-order valence-electron chi connectivity index (χ2n) is 4.13. The lowest BCUT2D eigenvalue weighted by Gasteiger charge is -2.14. The smallest absolute Gasteiger partial charge is 0.223 e. The van der Waals surface area contributed by atoms with Crippen LogP contribution in [-0.4, -0.2) is 13.0 Å². The minimum atomic E-state index is -0.00124. The Morgan fingerprint density at radius 2 is 1.42 bits per heavy atom. The number of rotatable bonds is 3. The fraction of sp³-hybridized carbons (Fsp3) is 0.133. The van der Waals surface area contributed by atoms with Crippen molar-refractivity contribution in [3.05, 3.63) is 54.6 Å². The van der Waals surface area contributed by atoms with E-state index in [2.05, 4.69) is 10.2 Å². The third-order valence-corrected chi connectivity index (χ3v) is 2.75. The van der Waals surface area contributed by atoms with E-state index in [4.69, 9.17) is 0 Å². The van der Waals surface area contributed by atoms with E-state index in [0.717, 1.165) is 17.1 Å². The summed E-state index contributed by atoms with van der Waals surface area (Å²) in [7, 11) is 1.74. The lowest BCUT2D eigenvalue weighted by Crippen LogP contribution is -2.22. The van der Waals surface area contributed by atoms with E-state index in [-0.39, 0.29) is 5.91 Å². The van der Waals surface area contributed by atoms with Gasteiger partial charge >= 0.3 is 0 Å². The standard InChI is InChI=1S/C15H15N3O/c1-12(19)18(2)15-10-8-14(9-11-15)17-16-13-6-4-3-5-7-13/h3-11H,1-2H3. The van der Waals surface area contributed by atoms with Crippen molar-refractivity contribution in [2.45, 2.75) is 6.92 Å². The monoisotopic (exact) mass is 253 g/mol. The molecular formula is C15H15N3O. The fourth-order valence-electron chi connectivity index (χ4n) is 1.53. The van der Waals surface area contributed by atoms with Gasteiger partial charge in [0.15, 0.2) is 0 Å². The molecule has 0 fully saturated rings. The van der Waals surface area contributed by atoms with Crippen LogP contribution >= 0.6 is 0 Å². The third-order valence-electron chi connectivity index (χ3n) is 2.75. The van der Waals surface area contributed by atoms with Crippen LogP contribution in [0.15, 0.2) is 64.8 Å². The second-order valence-corrected chi connectivity index (χ2v) is 4.13. The number of nitrogens with zero attached hydrogens (tertiary/aromatic N) is 3. The summed E-state index contributed by atoms with van der Waals surface area (Å²) in [6.07, 6.45) is 0.